The zero-order valence-electron chi connectivity index (χ0n) is 10.1. The molecule has 0 aromatic heterocycles. The van der Waals surface area contributed by atoms with E-state index in [1.54, 1.807) is 5.57 Å². The highest BCUT2D eigenvalue weighted by atomic mass is 15.2. The zero-order chi connectivity index (χ0) is 11.1. The van der Waals surface area contributed by atoms with Gasteiger partial charge in [-0.2, -0.15) is 0 Å². The number of hydrogen-bond acceptors (Lipinski definition) is 1. The lowest BCUT2D eigenvalue weighted by atomic mass is 9.92. The Bertz CT molecular complexity index is 433. The molecule has 2 bridgehead atoms. The summed E-state index contributed by atoms with van der Waals surface area (Å²) in [5, 5.41) is 0. The van der Waals surface area contributed by atoms with Crippen molar-refractivity contribution >= 4 is 5.57 Å². The van der Waals surface area contributed by atoms with Crippen LogP contribution in [0.2, 0.25) is 0 Å². The second kappa shape index (κ2) is 3.74. The van der Waals surface area contributed by atoms with E-state index in [-0.39, 0.29) is 0 Å². The highest BCUT2D eigenvalue weighted by Gasteiger charge is 2.38. The van der Waals surface area contributed by atoms with E-state index < -0.39 is 0 Å². The quantitative estimate of drug-likeness (QED) is 0.729. The van der Waals surface area contributed by atoms with Gasteiger partial charge in [0.2, 0.25) is 0 Å². The highest BCUT2D eigenvalue weighted by Crippen LogP contribution is 2.42. The van der Waals surface area contributed by atoms with Gasteiger partial charge in [0.15, 0.2) is 0 Å². The Balaban J connectivity index is 1.95. The van der Waals surface area contributed by atoms with Crippen LogP contribution in [0.4, 0.5) is 0 Å². The summed E-state index contributed by atoms with van der Waals surface area (Å²) in [5.74, 6) is 0.783. The molecule has 2 atom stereocenters. The maximum atomic E-state index is 2.59. The predicted molar refractivity (Wildman–Crippen MR) is 68.3 cm³/mol. The molecule has 0 spiro atoms. The molecule has 1 saturated heterocycles. The smallest absolute Gasteiger partial charge is 0.0290 e. The molecule has 1 nitrogen and oxygen atoms in total. The molecule has 16 heavy (non-hydrogen) atoms. The number of benzene rings is 1. The zero-order valence-corrected chi connectivity index (χ0v) is 10.1. The SMILES string of the molecule is CCN1CC2CC1C=C2c1ccccc1C. The van der Waals surface area contributed by atoms with Crippen LogP contribution in [0.1, 0.15) is 24.5 Å². The first-order chi connectivity index (χ1) is 7.79. The van der Waals surface area contributed by atoms with Crippen LogP contribution in [0.3, 0.4) is 0 Å². The summed E-state index contributed by atoms with van der Waals surface area (Å²) in [6.45, 7) is 6.95. The van der Waals surface area contributed by atoms with Crippen LogP contribution in [0, 0.1) is 12.8 Å². The summed E-state index contributed by atoms with van der Waals surface area (Å²) in [6, 6.07) is 9.50. The summed E-state index contributed by atoms with van der Waals surface area (Å²) >= 11 is 0. The maximum absolute atomic E-state index is 2.59. The van der Waals surface area contributed by atoms with E-state index in [1.807, 2.05) is 0 Å². The van der Waals surface area contributed by atoms with Gasteiger partial charge in [-0.15, -0.1) is 0 Å². The topological polar surface area (TPSA) is 3.24 Å². The van der Waals surface area contributed by atoms with Gasteiger partial charge in [-0.25, -0.2) is 0 Å². The Kier molecular flexibility index (Phi) is 2.36. The molecule has 1 fully saturated rings. The Morgan fingerprint density at radius 3 is 2.75 bits per heavy atom. The van der Waals surface area contributed by atoms with E-state index in [4.69, 9.17) is 0 Å². The van der Waals surface area contributed by atoms with Crippen LogP contribution in [-0.2, 0) is 0 Å². The van der Waals surface area contributed by atoms with Crippen molar-refractivity contribution in [1.29, 1.82) is 0 Å². The molecule has 84 valence electrons. The van der Waals surface area contributed by atoms with Crippen LogP contribution >= 0.6 is 0 Å². The fraction of sp³-hybridized carbons (Fsp3) is 0.467. The van der Waals surface area contributed by atoms with Gasteiger partial charge < -0.3 is 0 Å². The van der Waals surface area contributed by atoms with Crippen molar-refractivity contribution in [3.8, 4) is 0 Å². The molecule has 1 heteroatoms. The molecule has 3 rings (SSSR count). The lowest BCUT2D eigenvalue weighted by Gasteiger charge is -2.25. The maximum Gasteiger partial charge on any atom is 0.0290 e. The van der Waals surface area contributed by atoms with Crippen molar-refractivity contribution in [1.82, 2.24) is 4.90 Å². The van der Waals surface area contributed by atoms with Gasteiger partial charge in [0, 0.05) is 12.6 Å². The Labute approximate surface area is 97.8 Å². The van der Waals surface area contributed by atoms with Gasteiger partial charge in [0.05, 0.1) is 0 Å². The molecule has 2 unspecified atom stereocenters. The lowest BCUT2D eigenvalue weighted by molar-refractivity contribution is 0.297. The number of fused-ring (bicyclic) bond motifs is 2. The minimum atomic E-state index is 0.713. The summed E-state index contributed by atoms with van der Waals surface area (Å²) < 4.78 is 0. The molecule has 1 aromatic rings. The summed E-state index contributed by atoms with van der Waals surface area (Å²) in [4.78, 5) is 2.59. The van der Waals surface area contributed by atoms with Crippen molar-refractivity contribution < 1.29 is 0 Å². The van der Waals surface area contributed by atoms with Gasteiger partial charge in [0.25, 0.3) is 0 Å². The van der Waals surface area contributed by atoms with Crippen LogP contribution < -0.4 is 0 Å². The van der Waals surface area contributed by atoms with Crippen LogP contribution in [0.25, 0.3) is 5.57 Å². The monoisotopic (exact) mass is 213 g/mol. The summed E-state index contributed by atoms with van der Waals surface area (Å²) in [7, 11) is 0. The number of likely N-dealkylation sites (tertiary alicyclic amines) is 1. The van der Waals surface area contributed by atoms with Crippen LogP contribution in [-0.4, -0.2) is 24.0 Å². The van der Waals surface area contributed by atoms with Crippen molar-refractivity contribution in [2.24, 2.45) is 5.92 Å². The third-order valence-corrected chi connectivity index (χ3v) is 4.12. The number of aryl methyl sites for hydroxylation is 1. The third kappa shape index (κ3) is 1.42. The summed E-state index contributed by atoms with van der Waals surface area (Å²) in [5.41, 5.74) is 4.50. The van der Waals surface area contributed by atoms with Crippen molar-refractivity contribution in [2.75, 3.05) is 13.1 Å². The molecule has 0 saturated carbocycles. The van der Waals surface area contributed by atoms with Gasteiger partial charge >= 0.3 is 0 Å². The van der Waals surface area contributed by atoms with Crippen LogP contribution in [0.15, 0.2) is 30.3 Å². The minimum absolute atomic E-state index is 0.713. The minimum Gasteiger partial charge on any atom is -0.297 e. The van der Waals surface area contributed by atoms with E-state index in [0.29, 0.717) is 6.04 Å². The number of nitrogens with zero attached hydrogens (tertiary/aromatic N) is 1. The second-order valence-electron chi connectivity index (χ2n) is 5.02. The fourth-order valence-corrected chi connectivity index (χ4v) is 3.25. The molecular formula is C15H19N. The first-order valence-electron chi connectivity index (χ1n) is 6.31. The molecule has 1 aliphatic carbocycles. The summed E-state index contributed by atoms with van der Waals surface area (Å²) in [6.07, 6.45) is 3.84. The first kappa shape index (κ1) is 10.1. The largest absolute Gasteiger partial charge is 0.297 e. The van der Waals surface area contributed by atoms with Crippen molar-refractivity contribution in [3.05, 3.63) is 41.5 Å². The van der Waals surface area contributed by atoms with Crippen molar-refractivity contribution in [3.63, 3.8) is 0 Å². The molecule has 1 heterocycles. The Morgan fingerprint density at radius 1 is 1.31 bits per heavy atom. The van der Waals surface area contributed by atoms with Gasteiger partial charge in [-0.05, 0) is 42.5 Å². The average Bonchev–Trinajstić information content (AvgIpc) is 2.88. The average molecular weight is 213 g/mol. The van der Waals surface area contributed by atoms with E-state index >= 15 is 0 Å². The Morgan fingerprint density at radius 2 is 2.12 bits per heavy atom. The highest BCUT2D eigenvalue weighted by molar-refractivity contribution is 5.73. The number of hydrogen-bond donors (Lipinski definition) is 0. The predicted octanol–water partition coefficient (Wildman–Crippen LogP) is 3.10. The van der Waals surface area contributed by atoms with Gasteiger partial charge in [-0.1, -0.05) is 37.3 Å². The normalized spacial score (nSPS) is 28.5. The number of likely N-dealkylation sites (N-methyl/N-ethyl adjacent to an activating group) is 1. The molecule has 0 amide bonds. The van der Waals surface area contributed by atoms with Gasteiger partial charge in [0.1, 0.15) is 0 Å². The first-order valence-corrected chi connectivity index (χ1v) is 6.31. The van der Waals surface area contributed by atoms with Gasteiger partial charge in [-0.3, -0.25) is 4.90 Å². The van der Waals surface area contributed by atoms with Crippen molar-refractivity contribution in [2.45, 2.75) is 26.3 Å². The Hall–Kier alpha value is -1.08. The van der Waals surface area contributed by atoms with E-state index in [2.05, 4.69) is 49.1 Å². The lowest BCUT2D eigenvalue weighted by Crippen LogP contribution is -2.30. The second-order valence-corrected chi connectivity index (χ2v) is 5.02. The van der Waals surface area contributed by atoms with Crippen LogP contribution in [0.5, 0.6) is 0 Å². The van der Waals surface area contributed by atoms with E-state index in [0.717, 1.165) is 5.92 Å². The molecular weight excluding hydrogens is 194 g/mol. The number of rotatable bonds is 2. The molecule has 2 aliphatic rings. The van der Waals surface area contributed by atoms with E-state index in [9.17, 15) is 0 Å². The van der Waals surface area contributed by atoms with E-state index in [1.165, 1.54) is 30.6 Å². The molecule has 0 N–H and O–H groups in total. The standard InChI is InChI=1S/C15H19N/c1-3-16-10-12-8-13(16)9-15(12)14-7-5-4-6-11(14)2/h4-7,9,12-13H,3,8,10H2,1-2H3. The fourth-order valence-electron chi connectivity index (χ4n) is 3.25. The molecule has 0 radical (unpaired) electrons. The third-order valence-electron chi connectivity index (χ3n) is 4.12. The molecule has 1 aliphatic heterocycles. The molecule has 1 aromatic carbocycles.